The second kappa shape index (κ2) is 6.75. The van der Waals surface area contributed by atoms with Crippen molar-refractivity contribution in [2.24, 2.45) is 11.3 Å². The molecule has 0 radical (unpaired) electrons. The first-order valence-corrected chi connectivity index (χ1v) is 7.32. The van der Waals surface area contributed by atoms with Crippen molar-refractivity contribution < 1.29 is 22.8 Å². The van der Waals surface area contributed by atoms with E-state index in [1.54, 1.807) is 7.05 Å². The van der Waals surface area contributed by atoms with Crippen LogP contribution in [0.25, 0.3) is 0 Å². The fourth-order valence-electron chi connectivity index (χ4n) is 2.71. The molecule has 128 valence electrons. The molecule has 1 N–H and O–H groups in total. The number of hydrogen-bond acceptors (Lipinski definition) is 2. The number of alkyl halides is 3. The quantitative estimate of drug-likeness (QED) is 0.864. The number of amides is 3. The van der Waals surface area contributed by atoms with Crippen LogP contribution < -0.4 is 5.32 Å². The van der Waals surface area contributed by atoms with Gasteiger partial charge in [0, 0.05) is 26.7 Å². The third-order valence-electron chi connectivity index (χ3n) is 4.20. The molecule has 1 heterocycles. The molecule has 1 aliphatic rings. The Morgan fingerprint density at radius 1 is 1.36 bits per heavy atom. The van der Waals surface area contributed by atoms with Crippen molar-refractivity contribution in [2.75, 3.05) is 33.2 Å². The van der Waals surface area contributed by atoms with Gasteiger partial charge in [-0.05, 0) is 18.8 Å². The van der Waals surface area contributed by atoms with Crippen molar-refractivity contribution in [2.45, 2.75) is 33.4 Å². The van der Waals surface area contributed by atoms with Gasteiger partial charge in [-0.25, -0.2) is 4.79 Å². The minimum atomic E-state index is -4.26. The molecule has 0 saturated carbocycles. The summed E-state index contributed by atoms with van der Waals surface area (Å²) in [5.41, 5.74) is -1.04. The molecule has 0 aromatic rings. The molecule has 1 atom stereocenters. The number of carbonyl (C=O) groups excluding carboxylic acids is 2. The number of hydrogen-bond donors (Lipinski definition) is 1. The molecule has 1 saturated heterocycles. The summed E-state index contributed by atoms with van der Waals surface area (Å²) in [6, 6.07) is -0.494. The maximum Gasteiger partial charge on any atom is 0.392 e. The average molecular weight is 323 g/mol. The Morgan fingerprint density at radius 3 is 2.41 bits per heavy atom. The highest BCUT2D eigenvalue weighted by atomic mass is 19.4. The Kier molecular flexibility index (Phi) is 5.70. The van der Waals surface area contributed by atoms with Gasteiger partial charge in [-0.1, -0.05) is 13.8 Å². The number of likely N-dealkylation sites (tertiary alicyclic amines) is 1. The van der Waals surface area contributed by atoms with Gasteiger partial charge in [-0.3, -0.25) is 4.79 Å². The van der Waals surface area contributed by atoms with Crippen molar-refractivity contribution >= 4 is 11.9 Å². The van der Waals surface area contributed by atoms with E-state index in [4.69, 9.17) is 0 Å². The first-order valence-electron chi connectivity index (χ1n) is 7.32. The monoisotopic (exact) mass is 323 g/mol. The number of rotatable bonds is 3. The van der Waals surface area contributed by atoms with Crippen molar-refractivity contribution in [1.82, 2.24) is 15.1 Å². The molecule has 1 rings (SSSR count). The summed E-state index contributed by atoms with van der Waals surface area (Å²) in [5, 5.41) is 2.47. The molecule has 0 unspecified atom stereocenters. The Bertz CT molecular complexity index is 424. The number of urea groups is 1. The minimum Gasteiger partial charge on any atom is -0.345 e. The third-order valence-corrected chi connectivity index (χ3v) is 4.20. The van der Waals surface area contributed by atoms with Gasteiger partial charge in [-0.15, -0.1) is 0 Å². The Morgan fingerprint density at radius 2 is 1.95 bits per heavy atom. The Labute approximate surface area is 128 Å². The van der Waals surface area contributed by atoms with Crippen LogP contribution in [-0.4, -0.2) is 61.1 Å². The molecule has 1 fully saturated rings. The lowest BCUT2D eigenvalue weighted by molar-refractivity contribution is -0.214. The first-order chi connectivity index (χ1) is 9.99. The second-order valence-corrected chi connectivity index (χ2v) is 6.36. The first kappa shape index (κ1) is 18.6. The number of carbonyl (C=O) groups is 2. The van der Waals surface area contributed by atoms with Crippen LogP contribution in [0.15, 0.2) is 0 Å². The molecule has 22 heavy (non-hydrogen) atoms. The molecular formula is C14H24F3N3O2. The lowest BCUT2D eigenvalue weighted by Crippen LogP contribution is -2.55. The van der Waals surface area contributed by atoms with Crippen LogP contribution in [0.1, 0.15) is 27.2 Å². The summed E-state index contributed by atoms with van der Waals surface area (Å²) >= 11 is 0. The molecule has 0 bridgehead atoms. The van der Waals surface area contributed by atoms with Crippen molar-refractivity contribution in [3.8, 4) is 0 Å². The molecule has 1 aliphatic heterocycles. The van der Waals surface area contributed by atoms with Crippen molar-refractivity contribution in [3.05, 3.63) is 0 Å². The predicted octanol–water partition coefficient (Wildman–Crippen LogP) is 2.08. The lowest BCUT2D eigenvalue weighted by Gasteiger charge is -2.44. The van der Waals surface area contributed by atoms with Crippen LogP contribution in [0.2, 0.25) is 0 Å². The lowest BCUT2D eigenvalue weighted by atomic mass is 9.73. The SMILES string of the molecule is CCN(C)C(=O)CNC(=O)N1CC[C@@H](C(F)(F)F)C(C)(C)C1. The van der Waals surface area contributed by atoms with Gasteiger partial charge in [0.25, 0.3) is 0 Å². The molecule has 0 aromatic carbocycles. The van der Waals surface area contributed by atoms with Gasteiger partial charge in [0.05, 0.1) is 12.5 Å². The number of nitrogens with one attached hydrogen (secondary N) is 1. The van der Waals surface area contributed by atoms with Gasteiger partial charge >= 0.3 is 12.2 Å². The molecular weight excluding hydrogens is 299 g/mol. The van der Waals surface area contributed by atoms with E-state index in [9.17, 15) is 22.8 Å². The zero-order valence-electron chi connectivity index (χ0n) is 13.5. The van der Waals surface area contributed by atoms with Crippen LogP contribution in [0.5, 0.6) is 0 Å². The van der Waals surface area contributed by atoms with Crippen LogP contribution in [0, 0.1) is 11.3 Å². The zero-order chi connectivity index (χ0) is 17.1. The van der Waals surface area contributed by atoms with Gasteiger partial charge in [-0.2, -0.15) is 13.2 Å². The number of halogens is 3. The molecule has 8 heteroatoms. The summed E-state index contributed by atoms with van der Waals surface area (Å²) in [6.45, 7) is 5.27. The highest BCUT2D eigenvalue weighted by Gasteiger charge is 2.51. The van der Waals surface area contributed by atoms with Gasteiger partial charge in [0.15, 0.2) is 0 Å². The second-order valence-electron chi connectivity index (χ2n) is 6.36. The molecule has 0 aromatic heterocycles. The van der Waals surface area contributed by atoms with E-state index < -0.39 is 23.5 Å². The fourth-order valence-corrected chi connectivity index (χ4v) is 2.71. The van der Waals surface area contributed by atoms with Crippen LogP contribution in [-0.2, 0) is 4.79 Å². The normalized spacial score (nSPS) is 21.4. The van der Waals surface area contributed by atoms with E-state index in [-0.39, 0.29) is 32.0 Å². The number of likely N-dealkylation sites (N-methyl/N-ethyl adjacent to an activating group) is 1. The third kappa shape index (κ3) is 4.51. The van der Waals surface area contributed by atoms with E-state index in [2.05, 4.69) is 5.32 Å². The standard InChI is InChI=1S/C14H24F3N3O2/c1-5-19(4)11(21)8-18-12(22)20-7-6-10(14(15,16)17)13(2,3)9-20/h10H,5-9H2,1-4H3,(H,18,22)/t10-/m1/s1. The minimum absolute atomic E-state index is 0.0147. The summed E-state index contributed by atoms with van der Waals surface area (Å²) in [5.74, 6) is -1.66. The van der Waals surface area contributed by atoms with Gasteiger partial charge < -0.3 is 15.1 Å². The Hall–Kier alpha value is -1.47. The number of piperidine rings is 1. The average Bonchev–Trinajstić information content (AvgIpc) is 2.40. The fraction of sp³-hybridized carbons (Fsp3) is 0.857. The summed E-state index contributed by atoms with van der Waals surface area (Å²) in [7, 11) is 1.62. The van der Waals surface area contributed by atoms with Crippen LogP contribution >= 0.6 is 0 Å². The Balaban J connectivity index is 2.58. The van der Waals surface area contributed by atoms with Crippen LogP contribution in [0.4, 0.5) is 18.0 Å². The van der Waals surface area contributed by atoms with Crippen molar-refractivity contribution in [1.29, 1.82) is 0 Å². The summed E-state index contributed by atoms with van der Waals surface area (Å²) < 4.78 is 38.9. The van der Waals surface area contributed by atoms with Gasteiger partial charge in [0.2, 0.25) is 5.91 Å². The van der Waals surface area contributed by atoms with Crippen molar-refractivity contribution in [3.63, 3.8) is 0 Å². The maximum absolute atomic E-state index is 13.0. The molecule has 0 spiro atoms. The van der Waals surface area contributed by atoms with E-state index in [0.29, 0.717) is 6.54 Å². The smallest absolute Gasteiger partial charge is 0.345 e. The van der Waals surface area contributed by atoms with E-state index >= 15 is 0 Å². The van der Waals surface area contributed by atoms with E-state index in [0.717, 1.165) is 0 Å². The highest BCUT2D eigenvalue weighted by Crippen LogP contribution is 2.44. The summed E-state index contributed by atoms with van der Waals surface area (Å²) in [4.78, 5) is 26.4. The van der Waals surface area contributed by atoms with E-state index in [1.807, 2.05) is 6.92 Å². The maximum atomic E-state index is 13.0. The molecule has 3 amide bonds. The number of nitrogens with zero attached hydrogens (tertiary/aromatic N) is 2. The van der Waals surface area contributed by atoms with E-state index in [1.165, 1.54) is 23.6 Å². The zero-order valence-corrected chi connectivity index (χ0v) is 13.5. The van der Waals surface area contributed by atoms with Gasteiger partial charge in [0.1, 0.15) is 0 Å². The summed E-state index contributed by atoms with van der Waals surface area (Å²) in [6.07, 6.45) is -4.38. The van der Waals surface area contributed by atoms with Crippen LogP contribution in [0.3, 0.4) is 0 Å². The predicted molar refractivity (Wildman–Crippen MR) is 76.2 cm³/mol. The topological polar surface area (TPSA) is 52.7 Å². The highest BCUT2D eigenvalue weighted by molar-refractivity contribution is 5.83. The molecule has 5 nitrogen and oxygen atoms in total. The largest absolute Gasteiger partial charge is 0.392 e. The molecule has 0 aliphatic carbocycles.